The number of esters is 1. The predicted molar refractivity (Wildman–Crippen MR) is 65.7 cm³/mol. The Morgan fingerprint density at radius 3 is 3.00 bits per heavy atom. The normalized spacial score (nSPS) is 25.8. The highest BCUT2D eigenvalue weighted by Crippen LogP contribution is 2.47. The van der Waals surface area contributed by atoms with E-state index < -0.39 is 5.41 Å². The first-order chi connectivity index (χ1) is 8.29. The van der Waals surface area contributed by atoms with Crippen molar-refractivity contribution in [2.45, 2.75) is 31.1 Å². The van der Waals surface area contributed by atoms with Crippen LogP contribution in [0.5, 0.6) is 0 Å². The lowest BCUT2D eigenvalue weighted by Crippen LogP contribution is -2.44. The molecule has 2 aliphatic rings. The number of ether oxygens (including phenoxy) is 1. The van der Waals surface area contributed by atoms with Crippen LogP contribution in [0.25, 0.3) is 0 Å². The summed E-state index contributed by atoms with van der Waals surface area (Å²) in [5.41, 5.74) is 2.39. The van der Waals surface area contributed by atoms with Crippen LogP contribution in [-0.2, 0) is 14.9 Å². The van der Waals surface area contributed by atoms with E-state index in [4.69, 9.17) is 4.74 Å². The van der Waals surface area contributed by atoms with Crippen LogP contribution >= 0.6 is 0 Å². The molecule has 17 heavy (non-hydrogen) atoms. The number of nitrogens with zero attached hydrogens (tertiary/aromatic N) is 1. The van der Waals surface area contributed by atoms with Gasteiger partial charge in [-0.05, 0) is 25.3 Å². The van der Waals surface area contributed by atoms with E-state index >= 15 is 0 Å². The third-order valence-corrected chi connectivity index (χ3v) is 3.86. The van der Waals surface area contributed by atoms with E-state index in [1.165, 1.54) is 7.11 Å². The van der Waals surface area contributed by atoms with E-state index in [1.54, 1.807) is 0 Å². The quantitative estimate of drug-likeness (QED) is 0.694. The van der Waals surface area contributed by atoms with Crippen molar-refractivity contribution in [3.63, 3.8) is 0 Å². The minimum atomic E-state index is -0.580. The number of fused-ring (bicyclic) bond motifs is 3. The van der Waals surface area contributed by atoms with Gasteiger partial charge in [0.15, 0.2) is 0 Å². The van der Waals surface area contributed by atoms with E-state index in [-0.39, 0.29) is 5.97 Å². The van der Waals surface area contributed by atoms with Crippen LogP contribution in [0.2, 0.25) is 0 Å². The molecule has 88 valence electrons. The van der Waals surface area contributed by atoms with E-state index in [1.807, 2.05) is 24.3 Å². The van der Waals surface area contributed by atoms with Crippen LogP contribution < -0.4 is 0 Å². The van der Waals surface area contributed by atoms with E-state index in [9.17, 15) is 4.79 Å². The van der Waals surface area contributed by atoms with Gasteiger partial charge in [-0.15, -0.1) is 0 Å². The summed E-state index contributed by atoms with van der Waals surface area (Å²) in [6, 6.07) is 7.92. The third-order valence-electron chi connectivity index (χ3n) is 3.86. The van der Waals surface area contributed by atoms with Crippen molar-refractivity contribution >= 4 is 17.4 Å². The Kier molecular flexibility index (Phi) is 2.28. The van der Waals surface area contributed by atoms with Gasteiger partial charge in [0.05, 0.1) is 12.8 Å². The topological polar surface area (TPSA) is 38.7 Å². The molecule has 1 heterocycles. The Hall–Kier alpha value is -1.64. The fourth-order valence-corrected chi connectivity index (χ4v) is 3.06. The Balaban J connectivity index is 2.20. The van der Waals surface area contributed by atoms with Crippen molar-refractivity contribution in [2.75, 3.05) is 7.11 Å². The van der Waals surface area contributed by atoms with Gasteiger partial charge in [0.2, 0.25) is 0 Å². The first-order valence-electron chi connectivity index (χ1n) is 6.05. The lowest BCUT2D eigenvalue weighted by molar-refractivity contribution is -0.145. The SMILES string of the molecule is COC(=O)C12CCCCC1=Nc1ccccc12. The minimum absolute atomic E-state index is 0.152. The Morgan fingerprint density at radius 2 is 2.18 bits per heavy atom. The van der Waals surface area contributed by atoms with Gasteiger partial charge in [-0.2, -0.15) is 0 Å². The molecule has 3 heteroatoms. The number of carbonyl (C=O) groups excluding carboxylic acids is 1. The summed E-state index contributed by atoms with van der Waals surface area (Å²) in [6.07, 6.45) is 3.91. The standard InChI is InChI=1S/C14H15NO2/c1-17-13(16)14-9-5-4-8-12(14)15-11-7-3-2-6-10(11)14/h2-3,6-7H,4-5,8-9H2,1H3. The molecule has 3 rings (SSSR count). The number of hydrogen-bond acceptors (Lipinski definition) is 3. The maximum absolute atomic E-state index is 12.2. The summed E-state index contributed by atoms with van der Waals surface area (Å²) in [5, 5.41) is 0. The summed E-state index contributed by atoms with van der Waals surface area (Å²) in [7, 11) is 1.46. The van der Waals surface area contributed by atoms with Crippen molar-refractivity contribution in [1.82, 2.24) is 0 Å². The van der Waals surface area contributed by atoms with E-state index in [0.29, 0.717) is 0 Å². The van der Waals surface area contributed by atoms with Gasteiger partial charge in [-0.1, -0.05) is 24.6 Å². The van der Waals surface area contributed by atoms with Crippen LogP contribution in [0.15, 0.2) is 29.3 Å². The molecule has 0 aromatic heterocycles. The van der Waals surface area contributed by atoms with E-state index in [0.717, 1.165) is 42.6 Å². The first kappa shape index (κ1) is 10.5. The second-order valence-corrected chi connectivity index (χ2v) is 4.68. The molecule has 1 aliphatic heterocycles. The molecule has 1 fully saturated rings. The van der Waals surface area contributed by atoms with E-state index in [2.05, 4.69) is 4.99 Å². The molecule has 1 saturated carbocycles. The average molecular weight is 229 g/mol. The zero-order valence-corrected chi connectivity index (χ0v) is 9.90. The average Bonchev–Trinajstić information content (AvgIpc) is 2.73. The molecule has 1 aromatic carbocycles. The molecule has 0 radical (unpaired) electrons. The van der Waals surface area contributed by atoms with Gasteiger partial charge in [-0.25, -0.2) is 0 Å². The number of benzene rings is 1. The summed E-state index contributed by atoms with van der Waals surface area (Å²) >= 11 is 0. The zero-order chi connectivity index (χ0) is 11.9. The first-order valence-corrected chi connectivity index (χ1v) is 6.05. The molecule has 0 saturated heterocycles. The fourth-order valence-electron chi connectivity index (χ4n) is 3.06. The van der Waals surface area contributed by atoms with Gasteiger partial charge in [0.25, 0.3) is 0 Å². The molecule has 0 bridgehead atoms. The molecule has 1 unspecified atom stereocenters. The van der Waals surface area contributed by atoms with Crippen molar-refractivity contribution in [1.29, 1.82) is 0 Å². The van der Waals surface area contributed by atoms with Crippen molar-refractivity contribution in [3.05, 3.63) is 29.8 Å². The summed E-state index contributed by atoms with van der Waals surface area (Å²) in [6.45, 7) is 0. The predicted octanol–water partition coefficient (Wildman–Crippen LogP) is 2.76. The Morgan fingerprint density at radius 1 is 1.35 bits per heavy atom. The number of carbonyl (C=O) groups is 1. The molecule has 0 N–H and O–H groups in total. The van der Waals surface area contributed by atoms with Crippen LogP contribution in [0, 0.1) is 0 Å². The monoisotopic (exact) mass is 229 g/mol. The second-order valence-electron chi connectivity index (χ2n) is 4.68. The highest BCUT2D eigenvalue weighted by Gasteiger charge is 2.51. The number of para-hydroxylation sites is 1. The van der Waals surface area contributed by atoms with Gasteiger partial charge < -0.3 is 4.74 Å². The number of aliphatic imine (C=N–C) groups is 1. The van der Waals surface area contributed by atoms with Gasteiger partial charge >= 0.3 is 5.97 Å². The van der Waals surface area contributed by atoms with Gasteiger partial charge in [0.1, 0.15) is 5.41 Å². The zero-order valence-electron chi connectivity index (χ0n) is 9.90. The maximum atomic E-state index is 12.2. The molecular formula is C14H15NO2. The maximum Gasteiger partial charge on any atom is 0.322 e. The number of hydrogen-bond donors (Lipinski definition) is 0. The third kappa shape index (κ3) is 1.28. The molecular weight excluding hydrogens is 214 g/mol. The van der Waals surface area contributed by atoms with Crippen LogP contribution in [0.3, 0.4) is 0 Å². The Bertz CT molecular complexity index is 507. The van der Waals surface area contributed by atoms with Crippen molar-refractivity contribution < 1.29 is 9.53 Å². The lowest BCUT2D eigenvalue weighted by atomic mass is 9.69. The molecule has 0 amide bonds. The molecule has 1 atom stereocenters. The molecule has 1 aromatic rings. The summed E-state index contributed by atoms with van der Waals surface area (Å²) in [4.78, 5) is 16.9. The summed E-state index contributed by atoms with van der Waals surface area (Å²) < 4.78 is 5.03. The highest BCUT2D eigenvalue weighted by atomic mass is 16.5. The van der Waals surface area contributed by atoms with Gasteiger partial charge in [-0.3, -0.25) is 9.79 Å². The van der Waals surface area contributed by atoms with Crippen molar-refractivity contribution in [2.24, 2.45) is 4.99 Å². The van der Waals surface area contributed by atoms with Crippen LogP contribution in [0.1, 0.15) is 31.2 Å². The number of methoxy groups -OCH3 is 1. The molecule has 1 aliphatic carbocycles. The van der Waals surface area contributed by atoms with Crippen LogP contribution in [0.4, 0.5) is 5.69 Å². The lowest BCUT2D eigenvalue weighted by Gasteiger charge is -2.32. The summed E-state index contributed by atoms with van der Waals surface area (Å²) in [5.74, 6) is -0.152. The highest BCUT2D eigenvalue weighted by molar-refractivity contribution is 6.17. The molecule has 3 nitrogen and oxygen atoms in total. The Labute approximate surface area is 101 Å². The van der Waals surface area contributed by atoms with Gasteiger partial charge in [0, 0.05) is 11.3 Å². The smallest absolute Gasteiger partial charge is 0.322 e. The second kappa shape index (κ2) is 3.69. The fraction of sp³-hybridized carbons (Fsp3) is 0.429. The number of rotatable bonds is 1. The van der Waals surface area contributed by atoms with Crippen LogP contribution in [-0.4, -0.2) is 18.8 Å². The largest absolute Gasteiger partial charge is 0.468 e. The minimum Gasteiger partial charge on any atom is -0.468 e. The van der Waals surface area contributed by atoms with Crippen molar-refractivity contribution in [3.8, 4) is 0 Å². The molecule has 0 spiro atoms.